The van der Waals surface area contributed by atoms with Crippen molar-refractivity contribution in [2.24, 2.45) is 11.7 Å². The standard InChI is InChI=1S/C26H32N2O4/c1-3-31-24(29)17-8-11-20(12-9-17)28-25(30)32-21-13-10-18-15-19-7-5-4-6-14-26(2,23(19)27)22(18)16-21/h8-13,16,19,23H,3-7,14-15,27H2,1-2H3,(H,28,30)/t19?,23-,26+/m0/s1. The van der Waals surface area contributed by atoms with Crippen LogP contribution < -0.4 is 15.8 Å². The van der Waals surface area contributed by atoms with Crippen molar-refractivity contribution in [1.29, 1.82) is 0 Å². The van der Waals surface area contributed by atoms with Crippen LogP contribution in [0.1, 0.15) is 67.4 Å². The molecular weight excluding hydrogens is 404 g/mol. The maximum absolute atomic E-state index is 12.5. The average Bonchev–Trinajstić information content (AvgIpc) is 2.77. The van der Waals surface area contributed by atoms with Gasteiger partial charge in [0.1, 0.15) is 5.75 Å². The van der Waals surface area contributed by atoms with E-state index in [-0.39, 0.29) is 17.4 Å². The van der Waals surface area contributed by atoms with Gasteiger partial charge in [-0.1, -0.05) is 32.3 Å². The zero-order valence-corrected chi connectivity index (χ0v) is 18.9. The topological polar surface area (TPSA) is 90.6 Å². The fraction of sp³-hybridized carbons (Fsp3) is 0.462. The summed E-state index contributed by atoms with van der Waals surface area (Å²) in [7, 11) is 0. The molecule has 0 aromatic heterocycles. The molecule has 32 heavy (non-hydrogen) atoms. The van der Waals surface area contributed by atoms with Crippen LogP contribution >= 0.6 is 0 Å². The molecule has 2 aromatic carbocycles. The zero-order chi connectivity index (χ0) is 22.7. The molecule has 2 aromatic rings. The van der Waals surface area contributed by atoms with E-state index >= 15 is 0 Å². The predicted octanol–water partition coefficient (Wildman–Crippen LogP) is 5.20. The van der Waals surface area contributed by atoms with E-state index in [4.69, 9.17) is 15.2 Å². The van der Waals surface area contributed by atoms with Crippen molar-refractivity contribution in [3.8, 4) is 5.75 Å². The Labute approximate surface area is 189 Å². The number of amides is 1. The summed E-state index contributed by atoms with van der Waals surface area (Å²) in [5, 5.41) is 2.71. The van der Waals surface area contributed by atoms with E-state index in [2.05, 4.69) is 18.3 Å². The molecule has 0 heterocycles. The Morgan fingerprint density at radius 2 is 1.91 bits per heavy atom. The van der Waals surface area contributed by atoms with Crippen LogP contribution in [0.5, 0.6) is 5.75 Å². The van der Waals surface area contributed by atoms with Crippen LogP contribution in [0.25, 0.3) is 0 Å². The molecule has 0 spiro atoms. The number of anilines is 1. The number of nitrogens with two attached hydrogens (primary N) is 1. The number of fused-ring (bicyclic) bond motifs is 4. The Kier molecular flexibility index (Phi) is 6.51. The fourth-order valence-corrected chi connectivity index (χ4v) is 5.25. The first-order valence-corrected chi connectivity index (χ1v) is 11.6. The number of hydrogen-bond donors (Lipinski definition) is 2. The minimum absolute atomic E-state index is 0.0998. The predicted molar refractivity (Wildman–Crippen MR) is 124 cm³/mol. The number of benzene rings is 2. The molecule has 0 radical (unpaired) electrons. The van der Waals surface area contributed by atoms with E-state index in [0.29, 0.717) is 29.5 Å². The second kappa shape index (κ2) is 9.33. The van der Waals surface area contributed by atoms with E-state index < -0.39 is 6.09 Å². The van der Waals surface area contributed by atoms with Crippen molar-refractivity contribution >= 4 is 17.7 Å². The number of ether oxygens (including phenoxy) is 2. The summed E-state index contributed by atoms with van der Waals surface area (Å²) < 4.78 is 10.6. The molecule has 4 rings (SSSR count). The zero-order valence-electron chi connectivity index (χ0n) is 18.9. The van der Waals surface area contributed by atoms with Crippen LogP contribution in [0, 0.1) is 5.92 Å². The lowest BCUT2D eigenvalue weighted by molar-refractivity contribution is 0.0526. The summed E-state index contributed by atoms with van der Waals surface area (Å²) >= 11 is 0. The van der Waals surface area contributed by atoms with Gasteiger partial charge in [-0.25, -0.2) is 9.59 Å². The molecule has 6 nitrogen and oxygen atoms in total. The van der Waals surface area contributed by atoms with E-state index in [0.717, 1.165) is 12.8 Å². The highest BCUT2D eigenvalue weighted by Crippen LogP contribution is 2.46. The summed E-state index contributed by atoms with van der Waals surface area (Å²) in [6.07, 6.45) is 6.34. The van der Waals surface area contributed by atoms with Crippen molar-refractivity contribution in [2.45, 2.75) is 63.8 Å². The van der Waals surface area contributed by atoms with Gasteiger partial charge in [0.25, 0.3) is 0 Å². The molecule has 1 fully saturated rings. The first kappa shape index (κ1) is 22.3. The summed E-state index contributed by atoms with van der Waals surface area (Å²) in [4.78, 5) is 24.2. The molecule has 1 unspecified atom stereocenters. The van der Waals surface area contributed by atoms with Gasteiger partial charge in [-0.2, -0.15) is 0 Å². The highest BCUT2D eigenvalue weighted by Gasteiger charge is 2.43. The molecule has 2 bridgehead atoms. The molecule has 0 aliphatic heterocycles. The van der Waals surface area contributed by atoms with Gasteiger partial charge in [0.2, 0.25) is 0 Å². The van der Waals surface area contributed by atoms with Gasteiger partial charge >= 0.3 is 12.1 Å². The van der Waals surface area contributed by atoms with Crippen LogP contribution in [0.15, 0.2) is 42.5 Å². The summed E-state index contributed by atoms with van der Waals surface area (Å²) in [5.41, 5.74) is 10.2. The lowest BCUT2D eigenvalue weighted by atomic mass is 9.60. The maximum atomic E-state index is 12.5. The van der Waals surface area contributed by atoms with Crippen molar-refractivity contribution in [2.75, 3.05) is 11.9 Å². The molecule has 1 amide bonds. The second-order valence-corrected chi connectivity index (χ2v) is 9.14. The largest absolute Gasteiger partial charge is 0.462 e. The smallest absolute Gasteiger partial charge is 0.417 e. The third kappa shape index (κ3) is 4.51. The van der Waals surface area contributed by atoms with Crippen LogP contribution in [-0.4, -0.2) is 24.7 Å². The van der Waals surface area contributed by atoms with Gasteiger partial charge in [-0.3, -0.25) is 5.32 Å². The summed E-state index contributed by atoms with van der Waals surface area (Å²) in [6, 6.07) is 12.6. The van der Waals surface area contributed by atoms with Crippen LogP contribution in [-0.2, 0) is 16.6 Å². The van der Waals surface area contributed by atoms with E-state index in [1.165, 1.54) is 36.8 Å². The number of nitrogens with one attached hydrogen (secondary N) is 1. The lowest BCUT2D eigenvalue weighted by Gasteiger charge is -2.47. The van der Waals surface area contributed by atoms with Gasteiger partial charge in [-0.15, -0.1) is 0 Å². The summed E-state index contributed by atoms with van der Waals surface area (Å²) in [6.45, 7) is 4.34. The van der Waals surface area contributed by atoms with E-state index in [1.54, 1.807) is 31.2 Å². The molecule has 3 N–H and O–H groups in total. The normalized spacial score (nSPS) is 24.5. The van der Waals surface area contributed by atoms with Crippen molar-refractivity contribution < 1.29 is 19.1 Å². The van der Waals surface area contributed by atoms with Crippen LogP contribution in [0.4, 0.5) is 10.5 Å². The van der Waals surface area contributed by atoms with Crippen LogP contribution in [0.3, 0.4) is 0 Å². The third-order valence-corrected chi connectivity index (χ3v) is 7.05. The Balaban J connectivity index is 1.47. The third-order valence-electron chi connectivity index (χ3n) is 7.05. The Morgan fingerprint density at radius 1 is 1.12 bits per heavy atom. The first-order chi connectivity index (χ1) is 15.4. The number of esters is 1. The Morgan fingerprint density at radius 3 is 2.66 bits per heavy atom. The summed E-state index contributed by atoms with van der Waals surface area (Å²) in [5.74, 6) is 0.637. The van der Waals surface area contributed by atoms with Gasteiger partial charge < -0.3 is 15.2 Å². The van der Waals surface area contributed by atoms with Gasteiger partial charge in [0.05, 0.1) is 12.2 Å². The quantitative estimate of drug-likeness (QED) is 0.643. The Bertz CT molecular complexity index is 988. The molecule has 6 heteroatoms. The average molecular weight is 437 g/mol. The SMILES string of the molecule is CCOC(=O)c1ccc(NC(=O)Oc2ccc3c(c2)[C@@]2(C)CCCCCC(C3)[C@@H]2N)cc1. The fourth-order valence-electron chi connectivity index (χ4n) is 5.25. The molecule has 0 saturated heterocycles. The van der Waals surface area contributed by atoms with Gasteiger partial charge in [0.15, 0.2) is 0 Å². The van der Waals surface area contributed by atoms with Crippen molar-refractivity contribution in [1.82, 2.24) is 0 Å². The van der Waals surface area contributed by atoms with E-state index in [9.17, 15) is 9.59 Å². The van der Waals surface area contributed by atoms with Gasteiger partial charge in [0, 0.05) is 17.1 Å². The van der Waals surface area contributed by atoms with Crippen molar-refractivity contribution in [3.05, 3.63) is 59.2 Å². The molecule has 2 aliphatic carbocycles. The Hall–Kier alpha value is -2.86. The lowest BCUT2D eigenvalue weighted by Crippen LogP contribution is -2.52. The minimum atomic E-state index is -0.574. The van der Waals surface area contributed by atoms with Crippen LogP contribution in [0.2, 0.25) is 0 Å². The molecule has 2 aliphatic rings. The molecular formula is C26H32N2O4. The van der Waals surface area contributed by atoms with E-state index in [1.807, 2.05) is 12.1 Å². The molecule has 170 valence electrons. The first-order valence-electron chi connectivity index (χ1n) is 11.6. The highest BCUT2D eigenvalue weighted by atomic mass is 16.6. The van der Waals surface area contributed by atoms with Gasteiger partial charge in [-0.05, 0) is 79.6 Å². The molecule has 3 atom stereocenters. The highest BCUT2D eigenvalue weighted by molar-refractivity contribution is 5.91. The second-order valence-electron chi connectivity index (χ2n) is 9.14. The number of carbonyl (C=O) groups is 2. The number of carbonyl (C=O) groups excluding carboxylic acids is 2. The number of rotatable bonds is 4. The monoisotopic (exact) mass is 436 g/mol. The van der Waals surface area contributed by atoms with Crippen molar-refractivity contribution in [3.63, 3.8) is 0 Å². The minimum Gasteiger partial charge on any atom is -0.462 e. The number of hydrogen-bond acceptors (Lipinski definition) is 5. The maximum Gasteiger partial charge on any atom is 0.417 e. The molecule has 1 saturated carbocycles.